The molecule has 3 nitrogen and oxygen atoms in total. The summed E-state index contributed by atoms with van der Waals surface area (Å²) < 4.78 is 11.6. The van der Waals surface area contributed by atoms with Gasteiger partial charge >= 0.3 is 0 Å². The highest BCUT2D eigenvalue weighted by Gasteiger charge is 2.46. The maximum atomic E-state index is 11.2. The van der Waals surface area contributed by atoms with Gasteiger partial charge in [-0.3, -0.25) is 0 Å². The Labute approximate surface area is 202 Å². The number of phenols is 1. The monoisotopic (exact) mass is 452 g/mol. The van der Waals surface area contributed by atoms with Gasteiger partial charge in [-0.1, -0.05) is 64.1 Å². The molecule has 0 saturated heterocycles. The molecule has 0 fully saturated rings. The predicted molar refractivity (Wildman–Crippen MR) is 140 cm³/mol. The third kappa shape index (κ3) is 2.96. The van der Waals surface area contributed by atoms with Crippen LogP contribution in [-0.4, -0.2) is 19.3 Å². The van der Waals surface area contributed by atoms with Crippen LogP contribution in [0, 0.1) is 6.92 Å². The highest BCUT2D eigenvalue weighted by Crippen LogP contribution is 2.57. The van der Waals surface area contributed by atoms with E-state index >= 15 is 0 Å². The van der Waals surface area contributed by atoms with Gasteiger partial charge in [0.15, 0.2) is 0 Å². The average Bonchev–Trinajstić information content (AvgIpc) is 2.82. The van der Waals surface area contributed by atoms with Gasteiger partial charge in [-0.05, 0) is 75.2 Å². The molecule has 0 amide bonds. The summed E-state index contributed by atoms with van der Waals surface area (Å²) in [6.07, 6.45) is 0. The van der Waals surface area contributed by atoms with Crippen molar-refractivity contribution in [2.75, 3.05) is 14.2 Å². The Morgan fingerprint density at radius 1 is 0.647 bits per heavy atom. The SMILES string of the molecule is COc1cc(C)ccc1-c1cc2c3c(cc(O)c2cc1OC)C(C)(C)C(C)(C)c1ccccc1-3. The second-order valence-corrected chi connectivity index (χ2v) is 10.4. The number of benzene rings is 4. The first-order valence-corrected chi connectivity index (χ1v) is 11.7. The summed E-state index contributed by atoms with van der Waals surface area (Å²) in [4.78, 5) is 0. The number of aromatic hydroxyl groups is 1. The summed E-state index contributed by atoms with van der Waals surface area (Å²) >= 11 is 0. The van der Waals surface area contributed by atoms with E-state index in [1.807, 2.05) is 18.2 Å². The molecular weight excluding hydrogens is 420 g/mol. The molecule has 0 unspecified atom stereocenters. The number of hydrogen-bond acceptors (Lipinski definition) is 3. The van der Waals surface area contributed by atoms with E-state index in [9.17, 15) is 5.11 Å². The number of fused-ring (bicyclic) bond motifs is 5. The van der Waals surface area contributed by atoms with Gasteiger partial charge in [0.1, 0.15) is 17.2 Å². The fourth-order valence-electron chi connectivity index (χ4n) is 5.53. The first-order valence-electron chi connectivity index (χ1n) is 11.7. The molecule has 0 heterocycles. The minimum absolute atomic E-state index is 0.105. The van der Waals surface area contributed by atoms with Crippen molar-refractivity contribution in [3.05, 3.63) is 77.4 Å². The third-order valence-electron chi connectivity index (χ3n) is 8.19. The summed E-state index contributed by atoms with van der Waals surface area (Å²) in [5.74, 6) is 1.78. The van der Waals surface area contributed by atoms with E-state index in [0.717, 1.165) is 38.8 Å². The number of aryl methyl sites for hydroxylation is 1. The molecule has 0 saturated carbocycles. The van der Waals surface area contributed by atoms with Crippen LogP contribution in [-0.2, 0) is 10.8 Å². The second kappa shape index (κ2) is 7.53. The van der Waals surface area contributed by atoms with E-state index in [2.05, 4.69) is 77.1 Å². The Morgan fingerprint density at radius 3 is 2.00 bits per heavy atom. The zero-order valence-corrected chi connectivity index (χ0v) is 21.0. The molecule has 3 heteroatoms. The Kier molecular flexibility index (Phi) is 4.95. The topological polar surface area (TPSA) is 38.7 Å². The zero-order chi connectivity index (χ0) is 24.4. The molecule has 1 aliphatic rings. The average molecular weight is 453 g/mol. The fourth-order valence-corrected chi connectivity index (χ4v) is 5.53. The predicted octanol–water partition coefficient (Wildman–Crippen LogP) is 7.77. The maximum Gasteiger partial charge on any atom is 0.127 e. The number of ether oxygens (including phenoxy) is 2. The first kappa shape index (κ1) is 22.3. The van der Waals surface area contributed by atoms with Crippen molar-refractivity contribution in [1.29, 1.82) is 0 Å². The van der Waals surface area contributed by atoms with Gasteiger partial charge in [-0.2, -0.15) is 0 Å². The summed E-state index contributed by atoms with van der Waals surface area (Å²) in [6.45, 7) is 11.2. The molecule has 0 aromatic heterocycles. The van der Waals surface area contributed by atoms with Crippen molar-refractivity contribution in [2.24, 2.45) is 0 Å². The lowest BCUT2D eigenvalue weighted by atomic mass is 9.55. The maximum absolute atomic E-state index is 11.2. The normalized spacial score (nSPS) is 15.5. The van der Waals surface area contributed by atoms with Crippen molar-refractivity contribution in [1.82, 2.24) is 0 Å². The van der Waals surface area contributed by atoms with Gasteiger partial charge in [0, 0.05) is 16.5 Å². The molecule has 0 aliphatic heterocycles. The molecule has 174 valence electrons. The molecule has 4 aromatic rings. The van der Waals surface area contributed by atoms with Crippen molar-refractivity contribution < 1.29 is 14.6 Å². The first-order chi connectivity index (χ1) is 16.1. The van der Waals surface area contributed by atoms with Gasteiger partial charge in [0.2, 0.25) is 0 Å². The lowest BCUT2D eigenvalue weighted by molar-refractivity contribution is 0.298. The highest BCUT2D eigenvalue weighted by atomic mass is 16.5. The number of phenolic OH excluding ortho intramolecular Hbond substituents is 1. The summed E-state index contributed by atoms with van der Waals surface area (Å²) in [5.41, 5.74) is 7.64. The van der Waals surface area contributed by atoms with Gasteiger partial charge in [-0.25, -0.2) is 0 Å². The lowest BCUT2D eigenvalue weighted by Gasteiger charge is -2.48. The van der Waals surface area contributed by atoms with Crippen molar-refractivity contribution in [3.63, 3.8) is 0 Å². The molecule has 34 heavy (non-hydrogen) atoms. The van der Waals surface area contributed by atoms with Crippen LogP contribution in [0.3, 0.4) is 0 Å². The summed E-state index contributed by atoms with van der Waals surface area (Å²) in [6, 6.07) is 20.9. The Balaban J connectivity index is 1.94. The van der Waals surface area contributed by atoms with Crippen LogP contribution in [0.2, 0.25) is 0 Å². The van der Waals surface area contributed by atoms with Crippen LogP contribution in [0.5, 0.6) is 17.2 Å². The quantitative estimate of drug-likeness (QED) is 0.345. The molecule has 0 atom stereocenters. The molecular formula is C31H32O3. The molecule has 4 aromatic carbocycles. The molecule has 0 spiro atoms. The molecule has 0 radical (unpaired) electrons. The molecule has 0 bridgehead atoms. The van der Waals surface area contributed by atoms with Gasteiger partial charge in [-0.15, -0.1) is 0 Å². The van der Waals surface area contributed by atoms with Crippen LogP contribution >= 0.6 is 0 Å². The molecule has 1 N–H and O–H groups in total. The van der Waals surface area contributed by atoms with Crippen LogP contribution in [0.25, 0.3) is 33.0 Å². The van der Waals surface area contributed by atoms with Gasteiger partial charge in [0.25, 0.3) is 0 Å². The standard InChI is InChI=1S/C31H32O3/c1-18-12-13-19(27(14-18)33-6)22-15-23-21(16-28(22)34-7)26(32)17-25-29(23)20-10-8-9-11-24(20)30(2,3)31(25,4)5/h8-17,32H,1-7H3. The number of methoxy groups -OCH3 is 2. The van der Waals surface area contributed by atoms with E-state index in [1.165, 1.54) is 16.7 Å². The summed E-state index contributed by atoms with van der Waals surface area (Å²) in [5, 5.41) is 13.0. The van der Waals surface area contributed by atoms with Crippen LogP contribution in [0.1, 0.15) is 44.4 Å². The number of hydrogen-bond donors (Lipinski definition) is 1. The Hall–Kier alpha value is -3.46. The fraction of sp³-hybridized carbons (Fsp3) is 0.290. The zero-order valence-electron chi connectivity index (χ0n) is 21.0. The largest absolute Gasteiger partial charge is 0.507 e. The second-order valence-electron chi connectivity index (χ2n) is 10.4. The van der Waals surface area contributed by atoms with E-state index in [-0.39, 0.29) is 16.6 Å². The Bertz CT molecular complexity index is 1440. The minimum Gasteiger partial charge on any atom is -0.507 e. The highest BCUT2D eigenvalue weighted by molar-refractivity contribution is 6.06. The van der Waals surface area contributed by atoms with E-state index in [4.69, 9.17) is 9.47 Å². The molecule has 5 rings (SSSR count). The van der Waals surface area contributed by atoms with E-state index < -0.39 is 0 Å². The minimum atomic E-state index is -0.190. The number of rotatable bonds is 3. The van der Waals surface area contributed by atoms with Gasteiger partial charge in [0.05, 0.1) is 14.2 Å². The molecule has 1 aliphatic carbocycles. The van der Waals surface area contributed by atoms with Crippen LogP contribution in [0.15, 0.2) is 60.7 Å². The van der Waals surface area contributed by atoms with Crippen molar-refractivity contribution in [3.8, 4) is 39.5 Å². The van der Waals surface area contributed by atoms with Crippen LogP contribution in [0.4, 0.5) is 0 Å². The van der Waals surface area contributed by atoms with Crippen molar-refractivity contribution >= 4 is 10.8 Å². The van der Waals surface area contributed by atoms with Gasteiger partial charge < -0.3 is 14.6 Å². The summed E-state index contributed by atoms with van der Waals surface area (Å²) in [7, 11) is 3.36. The van der Waals surface area contributed by atoms with E-state index in [0.29, 0.717) is 5.75 Å². The Morgan fingerprint density at radius 2 is 1.29 bits per heavy atom. The smallest absolute Gasteiger partial charge is 0.127 e. The van der Waals surface area contributed by atoms with Crippen LogP contribution < -0.4 is 9.47 Å². The van der Waals surface area contributed by atoms with E-state index in [1.54, 1.807) is 14.2 Å². The lowest BCUT2D eigenvalue weighted by Crippen LogP contribution is -2.43. The third-order valence-corrected chi connectivity index (χ3v) is 8.19. The van der Waals surface area contributed by atoms with Crippen molar-refractivity contribution in [2.45, 2.75) is 45.4 Å².